The highest BCUT2D eigenvalue weighted by atomic mass is 35.5. The number of hydrogen-bond donors (Lipinski definition) is 1. The number of allylic oxidation sites excluding steroid dienone is 1. The number of phenolic OH excluding ortho intramolecular Hbond substituents is 1. The minimum Gasteiger partial charge on any atom is -0.506 e. The second-order valence-corrected chi connectivity index (χ2v) is 3.81. The lowest BCUT2D eigenvalue weighted by Crippen LogP contribution is -1.85. The minimum atomic E-state index is 0.153. The Morgan fingerprint density at radius 1 is 1.27 bits per heavy atom. The minimum absolute atomic E-state index is 0.153. The molecule has 0 bridgehead atoms. The Bertz CT molecular complexity index is 517. The molecule has 1 N–H and O–H groups in total. The standard InChI is InChI=1S/C13H11ClO/c1-2-5-9-8-12(14)13(15)11-7-4-3-6-10(9)11/h2-4,6-8,15H,1,5H2. The van der Waals surface area contributed by atoms with Gasteiger partial charge in [-0.3, -0.25) is 0 Å². The quantitative estimate of drug-likeness (QED) is 0.758. The van der Waals surface area contributed by atoms with E-state index in [1.807, 2.05) is 30.3 Å². The summed E-state index contributed by atoms with van der Waals surface area (Å²) >= 11 is 5.94. The van der Waals surface area contributed by atoms with E-state index in [1.165, 1.54) is 0 Å². The predicted octanol–water partition coefficient (Wildman–Crippen LogP) is 3.93. The molecule has 76 valence electrons. The number of aromatic hydroxyl groups is 1. The van der Waals surface area contributed by atoms with Crippen LogP contribution in [0.2, 0.25) is 5.02 Å². The van der Waals surface area contributed by atoms with Crippen LogP contribution in [0.25, 0.3) is 10.8 Å². The first-order valence-electron chi connectivity index (χ1n) is 4.74. The van der Waals surface area contributed by atoms with E-state index in [4.69, 9.17) is 11.6 Å². The molecule has 0 fully saturated rings. The first kappa shape index (κ1) is 10.1. The van der Waals surface area contributed by atoms with Crippen molar-refractivity contribution in [3.8, 4) is 5.75 Å². The van der Waals surface area contributed by atoms with Crippen LogP contribution in [0.5, 0.6) is 5.75 Å². The van der Waals surface area contributed by atoms with Gasteiger partial charge in [-0.05, 0) is 23.4 Å². The van der Waals surface area contributed by atoms with Gasteiger partial charge in [-0.2, -0.15) is 0 Å². The van der Waals surface area contributed by atoms with E-state index in [0.717, 1.165) is 22.8 Å². The van der Waals surface area contributed by atoms with Crippen LogP contribution in [0.3, 0.4) is 0 Å². The first-order valence-corrected chi connectivity index (χ1v) is 5.12. The number of hydrogen-bond acceptors (Lipinski definition) is 1. The molecule has 0 aromatic heterocycles. The number of fused-ring (bicyclic) bond motifs is 1. The smallest absolute Gasteiger partial charge is 0.142 e. The van der Waals surface area contributed by atoms with Crippen molar-refractivity contribution in [3.63, 3.8) is 0 Å². The van der Waals surface area contributed by atoms with Crippen LogP contribution in [0.1, 0.15) is 5.56 Å². The lowest BCUT2D eigenvalue weighted by Gasteiger charge is -2.08. The van der Waals surface area contributed by atoms with Crippen molar-refractivity contribution >= 4 is 22.4 Å². The summed E-state index contributed by atoms with van der Waals surface area (Å²) < 4.78 is 0. The third-order valence-corrected chi connectivity index (χ3v) is 2.71. The largest absolute Gasteiger partial charge is 0.506 e. The summed E-state index contributed by atoms with van der Waals surface area (Å²) in [7, 11) is 0. The fourth-order valence-electron chi connectivity index (χ4n) is 1.72. The van der Waals surface area contributed by atoms with Gasteiger partial charge in [0.2, 0.25) is 0 Å². The van der Waals surface area contributed by atoms with Crippen molar-refractivity contribution in [3.05, 3.63) is 53.6 Å². The molecule has 15 heavy (non-hydrogen) atoms. The molecule has 0 spiro atoms. The molecular formula is C13H11ClO. The topological polar surface area (TPSA) is 20.2 Å². The summed E-state index contributed by atoms with van der Waals surface area (Å²) in [5, 5.41) is 12.0. The van der Waals surface area contributed by atoms with Gasteiger partial charge < -0.3 is 5.11 Å². The molecule has 0 amide bonds. The van der Waals surface area contributed by atoms with Crippen molar-refractivity contribution in [1.82, 2.24) is 0 Å². The van der Waals surface area contributed by atoms with Crippen LogP contribution < -0.4 is 0 Å². The van der Waals surface area contributed by atoms with Crippen molar-refractivity contribution in [2.24, 2.45) is 0 Å². The lowest BCUT2D eigenvalue weighted by molar-refractivity contribution is 0.482. The van der Waals surface area contributed by atoms with E-state index < -0.39 is 0 Å². The third-order valence-electron chi connectivity index (χ3n) is 2.42. The van der Waals surface area contributed by atoms with E-state index in [0.29, 0.717) is 5.02 Å². The molecule has 0 saturated carbocycles. The molecule has 0 radical (unpaired) electrons. The van der Waals surface area contributed by atoms with E-state index in [1.54, 1.807) is 6.07 Å². The summed E-state index contributed by atoms with van der Waals surface area (Å²) in [5.41, 5.74) is 1.09. The fraction of sp³-hybridized carbons (Fsp3) is 0.0769. The van der Waals surface area contributed by atoms with Gasteiger partial charge in [0.1, 0.15) is 5.75 Å². The molecule has 2 heteroatoms. The van der Waals surface area contributed by atoms with Gasteiger partial charge in [0.15, 0.2) is 0 Å². The molecule has 0 heterocycles. The molecule has 0 aliphatic heterocycles. The lowest BCUT2D eigenvalue weighted by atomic mass is 10.0. The van der Waals surface area contributed by atoms with Gasteiger partial charge in [0, 0.05) is 5.39 Å². The zero-order valence-electron chi connectivity index (χ0n) is 8.20. The zero-order valence-corrected chi connectivity index (χ0v) is 8.96. The Balaban J connectivity index is 2.81. The van der Waals surface area contributed by atoms with Crippen LogP contribution in [0.4, 0.5) is 0 Å². The average molecular weight is 219 g/mol. The van der Waals surface area contributed by atoms with Crippen molar-refractivity contribution < 1.29 is 5.11 Å². The molecule has 0 aliphatic rings. The van der Waals surface area contributed by atoms with Gasteiger partial charge >= 0.3 is 0 Å². The average Bonchev–Trinajstić information content (AvgIpc) is 2.26. The van der Waals surface area contributed by atoms with Gasteiger partial charge in [-0.25, -0.2) is 0 Å². The fourth-order valence-corrected chi connectivity index (χ4v) is 1.96. The maximum Gasteiger partial charge on any atom is 0.142 e. The maximum atomic E-state index is 9.79. The summed E-state index contributed by atoms with van der Waals surface area (Å²) in [6.45, 7) is 3.71. The normalized spacial score (nSPS) is 10.5. The Morgan fingerprint density at radius 3 is 2.60 bits per heavy atom. The van der Waals surface area contributed by atoms with E-state index in [-0.39, 0.29) is 5.75 Å². The Morgan fingerprint density at radius 2 is 1.93 bits per heavy atom. The van der Waals surface area contributed by atoms with Crippen LogP contribution in [0, 0.1) is 0 Å². The van der Waals surface area contributed by atoms with Crippen LogP contribution in [-0.2, 0) is 6.42 Å². The van der Waals surface area contributed by atoms with E-state index in [9.17, 15) is 5.11 Å². The third kappa shape index (κ3) is 1.71. The Labute approximate surface area is 93.6 Å². The summed E-state index contributed by atoms with van der Waals surface area (Å²) in [4.78, 5) is 0. The second-order valence-electron chi connectivity index (χ2n) is 3.40. The zero-order chi connectivity index (χ0) is 10.8. The van der Waals surface area contributed by atoms with Gasteiger partial charge in [-0.1, -0.05) is 41.9 Å². The van der Waals surface area contributed by atoms with Gasteiger partial charge in [0.05, 0.1) is 5.02 Å². The number of phenols is 1. The SMILES string of the molecule is C=CCc1cc(Cl)c(O)c2ccccc12. The highest BCUT2D eigenvalue weighted by molar-refractivity contribution is 6.33. The molecule has 2 aromatic carbocycles. The van der Waals surface area contributed by atoms with Crippen LogP contribution in [0.15, 0.2) is 43.0 Å². The molecule has 0 saturated heterocycles. The monoisotopic (exact) mass is 218 g/mol. The second kappa shape index (κ2) is 3.95. The van der Waals surface area contributed by atoms with Crippen LogP contribution >= 0.6 is 11.6 Å². The predicted molar refractivity (Wildman–Crippen MR) is 64.5 cm³/mol. The molecule has 2 rings (SSSR count). The molecule has 0 atom stereocenters. The molecular weight excluding hydrogens is 208 g/mol. The Kier molecular flexibility index (Phi) is 2.65. The highest BCUT2D eigenvalue weighted by Crippen LogP contribution is 2.34. The molecule has 0 aliphatic carbocycles. The van der Waals surface area contributed by atoms with Crippen molar-refractivity contribution in [2.45, 2.75) is 6.42 Å². The van der Waals surface area contributed by atoms with Crippen molar-refractivity contribution in [1.29, 1.82) is 0 Å². The van der Waals surface area contributed by atoms with Crippen molar-refractivity contribution in [2.75, 3.05) is 0 Å². The summed E-state index contributed by atoms with van der Waals surface area (Å²) in [5.74, 6) is 0.153. The number of halogens is 1. The van der Waals surface area contributed by atoms with Gasteiger partial charge in [-0.15, -0.1) is 6.58 Å². The number of benzene rings is 2. The number of rotatable bonds is 2. The summed E-state index contributed by atoms with van der Waals surface area (Å²) in [6.07, 6.45) is 2.58. The summed E-state index contributed by atoms with van der Waals surface area (Å²) in [6, 6.07) is 9.46. The van der Waals surface area contributed by atoms with Crippen LogP contribution in [-0.4, -0.2) is 5.11 Å². The van der Waals surface area contributed by atoms with E-state index >= 15 is 0 Å². The maximum absolute atomic E-state index is 9.79. The van der Waals surface area contributed by atoms with Gasteiger partial charge in [0.25, 0.3) is 0 Å². The molecule has 2 aromatic rings. The molecule has 1 nitrogen and oxygen atoms in total. The molecule has 0 unspecified atom stereocenters. The first-order chi connectivity index (χ1) is 7.24. The Hall–Kier alpha value is -1.47. The van der Waals surface area contributed by atoms with E-state index in [2.05, 4.69) is 6.58 Å². The highest BCUT2D eigenvalue weighted by Gasteiger charge is 2.08.